The summed E-state index contributed by atoms with van der Waals surface area (Å²) in [5.41, 5.74) is 0.217. The van der Waals surface area contributed by atoms with Gasteiger partial charge in [-0.3, -0.25) is 0 Å². The van der Waals surface area contributed by atoms with Crippen LogP contribution in [0.15, 0.2) is 12.7 Å². The molecular weight excluding hydrogens is 206 g/mol. The van der Waals surface area contributed by atoms with E-state index in [1.165, 1.54) is 30.8 Å². The van der Waals surface area contributed by atoms with Crippen LogP contribution in [0.4, 0.5) is 0 Å². The van der Waals surface area contributed by atoms with E-state index < -0.39 is 0 Å². The summed E-state index contributed by atoms with van der Waals surface area (Å²) in [5, 5.41) is 3.61. The van der Waals surface area contributed by atoms with Gasteiger partial charge in [-0.05, 0) is 38.0 Å². The minimum atomic E-state index is 0.217. The second-order valence-electron chi connectivity index (χ2n) is 4.56. The van der Waals surface area contributed by atoms with Crippen molar-refractivity contribution in [2.75, 3.05) is 24.7 Å². The van der Waals surface area contributed by atoms with Crippen LogP contribution in [-0.2, 0) is 4.74 Å². The first kappa shape index (κ1) is 11.5. The molecule has 0 bridgehead atoms. The van der Waals surface area contributed by atoms with Gasteiger partial charge in [0.1, 0.15) is 0 Å². The molecule has 0 aromatic carbocycles. The third-order valence-corrected chi connectivity index (χ3v) is 4.56. The van der Waals surface area contributed by atoms with Crippen LogP contribution in [0.2, 0.25) is 0 Å². The standard InChI is InChI=1S/C12H21NOS/c1-2-3-6-13-11-4-7-14-12(9-11)5-8-15-10-12/h2,11,13H,1,3-10H2. The zero-order chi connectivity index (χ0) is 10.6. The van der Waals surface area contributed by atoms with Crippen molar-refractivity contribution in [3.63, 3.8) is 0 Å². The van der Waals surface area contributed by atoms with E-state index in [2.05, 4.69) is 11.9 Å². The Morgan fingerprint density at radius 1 is 1.60 bits per heavy atom. The van der Waals surface area contributed by atoms with Gasteiger partial charge < -0.3 is 10.1 Å². The largest absolute Gasteiger partial charge is 0.374 e. The average Bonchev–Trinajstić information content (AvgIpc) is 2.67. The van der Waals surface area contributed by atoms with Gasteiger partial charge in [0.2, 0.25) is 0 Å². The SMILES string of the molecule is C=CCCNC1CCOC2(CCSC2)C1. The predicted molar refractivity (Wildman–Crippen MR) is 66.5 cm³/mol. The fraction of sp³-hybridized carbons (Fsp3) is 0.833. The summed E-state index contributed by atoms with van der Waals surface area (Å²) in [6.45, 7) is 5.75. The van der Waals surface area contributed by atoms with Gasteiger partial charge in [-0.25, -0.2) is 0 Å². The van der Waals surface area contributed by atoms with Gasteiger partial charge in [0.15, 0.2) is 0 Å². The van der Waals surface area contributed by atoms with Crippen molar-refractivity contribution in [3.05, 3.63) is 12.7 Å². The van der Waals surface area contributed by atoms with Crippen LogP contribution in [-0.4, -0.2) is 36.3 Å². The van der Waals surface area contributed by atoms with Gasteiger partial charge in [-0.2, -0.15) is 11.8 Å². The van der Waals surface area contributed by atoms with Crippen LogP contribution in [0.3, 0.4) is 0 Å². The first-order chi connectivity index (χ1) is 7.35. The van der Waals surface area contributed by atoms with E-state index in [9.17, 15) is 0 Å². The van der Waals surface area contributed by atoms with Gasteiger partial charge in [-0.15, -0.1) is 6.58 Å². The molecular formula is C12H21NOS. The van der Waals surface area contributed by atoms with Crippen molar-refractivity contribution in [3.8, 4) is 0 Å². The average molecular weight is 227 g/mol. The molecule has 86 valence electrons. The second kappa shape index (κ2) is 5.37. The Balaban J connectivity index is 1.78. The fourth-order valence-electron chi connectivity index (χ4n) is 2.45. The number of thioether (sulfide) groups is 1. The number of nitrogens with one attached hydrogen (secondary N) is 1. The second-order valence-corrected chi connectivity index (χ2v) is 5.66. The number of ether oxygens (including phenoxy) is 1. The smallest absolute Gasteiger partial charge is 0.0795 e. The Kier molecular flexibility index (Phi) is 4.12. The fourth-order valence-corrected chi connectivity index (χ4v) is 3.83. The summed E-state index contributed by atoms with van der Waals surface area (Å²) < 4.78 is 5.98. The Morgan fingerprint density at radius 2 is 2.53 bits per heavy atom. The first-order valence-electron chi connectivity index (χ1n) is 5.91. The summed E-state index contributed by atoms with van der Waals surface area (Å²) in [6.07, 6.45) is 6.67. The molecule has 2 fully saturated rings. The van der Waals surface area contributed by atoms with E-state index in [1.807, 2.05) is 17.8 Å². The van der Waals surface area contributed by atoms with Crippen LogP contribution in [0.1, 0.15) is 25.7 Å². The third-order valence-electron chi connectivity index (χ3n) is 3.34. The van der Waals surface area contributed by atoms with Crippen molar-refractivity contribution in [2.24, 2.45) is 0 Å². The molecule has 15 heavy (non-hydrogen) atoms. The molecule has 2 aliphatic rings. The zero-order valence-electron chi connectivity index (χ0n) is 9.34. The van der Waals surface area contributed by atoms with Gasteiger partial charge in [-0.1, -0.05) is 6.08 Å². The lowest BCUT2D eigenvalue weighted by atomic mass is 9.90. The lowest BCUT2D eigenvalue weighted by Gasteiger charge is -2.38. The predicted octanol–water partition coefficient (Wildman–Crippen LogP) is 2.21. The lowest BCUT2D eigenvalue weighted by molar-refractivity contribution is -0.0699. The number of rotatable bonds is 4. The van der Waals surface area contributed by atoms with Crippen LogP contribution in [0.5, 0.6) is 0 Å². The minimum Gasteiger partial charge on any atom is -0.374 e. The maximum Gasteiger partial charge on any atom is 0.0795 e. The van der Waals surface area contributed by atoms with Crippen molar-refractivity contribution in [2.45, 2.75) is 37.3 Å². The highest BCUT2D eigenvalue weighted by Crippen LogP contribution is 2.38. The van der Waals surface area contributed by atoms with Crippen molar-refractivity contribution < 1.29 is 4.74 Å². The van der Waals surface area contributed by atoms with Crippen LogP contribution in [0.25, 0.3) is 0 Å². The minimum absolute atomic E-state index is 0.217. The van der Waals surface area contributed by atoms with Crippen LogP contribution < -0.4 is 5.32 Å². The van der Waals surface area contributed by atoms with Gasteiger partial charge in [0.05, 0.1) is 5.60 Å². The Labute approximate surface area is 96.8 Å². The summed E-state index contributed by atoms with van der Waals surface area (Å²) in [7, 11) is 0. The van der Waals surface area contributed by atoms with Crippen molar-refractivity contribution >= 4 is 11.8 Å². The molecule has 0 amide bonds. The summed E-state index contributed by atoms with van der Waals surface area (Å²) >= 11 is 2.04. The monoisotopic (exact) mass is 227 g/mol. The number of hydrogen-bond acceptors (Lipinski definition) is 3. The first-order valence-corrected chi connectivity index (χ1v) is 7.06. The van der Waals surface area contributed by atoms with E-state index in [1.54, 1.807) is 0 Å². The summed E-state index contributed by atoms with van der Waals surface area (Å²) in [4.78, 5) is 0. The highest BCUT2D eigenvalue weighted by Gasteiger charge is 2.40. The van der Waals surface area contributed by atoms with Crippen LogP contribution >= 0.6 is 11.8 Å². The van der Waals surface area contributed by atoms with Gasteiger partial charge in [0.25, 0.3) is 0 Å². The Bertz CT molecular complexity index is 214. The lowest BCUT2D eigenvalue weighted by Crippen LogP contribution is -2.47. The molecule has 2 aliphatic heterocycles. The molecule has 0 radical (unpaired) electrons. The molecule has 2 heterocycles. The number of hydrogen-bond donors (Lipinski definition) is 1. The van der Waals surface area contributed by atoms with E-state index in [0.29, 0.717) is 6.04 Å². The topological polar surface area (TPSA) is 21.3 Å². The molecule has 2 atom stereocenters. The highest BCUT2D eigenvalue weighted by molar-refractivity contribution is 7.99. The molecule has 2 saturated heterocycles. The molecule has 1 N–H and O–H groups in total. The van der Waals surface area contributed by atoms with E-state index in [-0.39, 0.29) is 5.60 Å². The Hall–Kier alpha value is 0.0100. The van der Waals surface area contributed by atoms with Crippen molar-refractivity contribution in [1.29, 1.82) is 0 Å². The zero-order valence-corrected chi connectivity index (χ0v) is 10.2. The molecule has 2 unspecified atom stereocenters. The normalized spacial score (nSPS) is 35.9. The quantitative estimate of drug-likeness (QED) is 0.588. The Morgan fingerprint density at radius 3 is 3.27 bits per heavy atom. The van der Waals surface area contributed by atoms with E-state index in [0.717, 1.165) is 19.6 Å². The summed E-state index contributed by atoms with van der Waals surface area (Å²) in [5.74, 6) is 2.48. The molecule has 1 spiro atoms. The summed E-state index contributed by atoms with van der Waals surface area (Å²) in [6, 6.07) is 0.664. The van der Waals surface area contributed by atoms with Crippen molar-refractivity contribution in [1.82, 2.24) is 5.32 Å². The maximum absolute atomic E-state index is 5.98. The van der Waals surface area contributed by atoms with E-state index in [4.69, 9.17) is 4.74 Å². The third kappa shape index (κ3) is 2.99. The molecule has 3 heteroatoms. The van der Waals surface area contributed by atoms with Gasteiger partial charge >= 0.3 is 0 Å². The van der Waals surface area contributed by atoms with Gasteiger partial charge in [0, 0.05) is 18.4 Å². The van der Waals surface area contributed by atoms with Crippen LogP contribution in [0, 0.1) is 0 Å². The van der Waals surface area contributed by atoms with E-state index >= 15 is 0 Å². The molecule has 2 nitrogen and oxygen atoms in total. The molecule has 2 rings (SSSR count). The molecule has 0 aromatic heterocycles. The maximum atomic E-state index is 5.98. The molecule has 0 saturated carbocycles. The molecule has 0 aromatic rings. The molecule has 0 aliphatic carbocycles. The highest BCUT2D eigenvalue weighted by atomic mass is 32.2.